The molecule has 0 radical (unpaired) electrons. The van der Waals surface area contributed by atoms with Crippen molar-refractivity contribution >= 4 is 0 Å². The van der Waals surface area contributed by atoms with Gasteiger partial charge in [0.2, 0.25) is 0 Å². The van der Waals surface area contributed by atoms with Gasteiger partial charge >= 0.3 is 0 Å². The van der Waals surface area contributed by atoms with Gasteiger partial charge in [0, 0.05) is 0 Å². The van der Waals surface area contributed by atoms with Crippen LogP contribution in [0.4, 0.5) is 0 Å². The lowest BCUT2D eigenvalue weighted by Crippen LogP contribution is -2.37. The Morgan fingerprint density at radius 1 is 0.629 bits per heavy atom. The van der Waals surface area contributed by atoms with E-state index in [1.807, 2.05) is 36.4 Å². The van der Waals surface area contributed by atoms with Crippen LogP contribution in [0.1, 0.15) is 22.3 Å². The second-order valence-electron chi connectivity index (χ2n) is 8.34. The average Bonchev–Trinajstić information content (AvgIpc) is 2.94. The fourth-order valence-corrected chi connectivity index (χ4v) is 4.20. The van der Waals surface area contributed by atoms with Crippen molar-refractivity contribution < 1.29 is 14.2 Å². The Hall–Kier alpha value is -3.50. The number of ether oxygens (including phenoxy) is 3. The van der Waals surface area contributed by atoms with Crippen LogP contribution in [0, 0.1) is 0 Å². The van der Waals surface area contributed by atoms with Crippen LogP contribution in [-0.2, 0) is 26.4 Å². The first-order valence-corrected chi connectivity index (χ1v) is 12.0. The maximum absolute atomic E-state index is 6.94. The molecule has 3 nitrogen and oxygen atoms in total. The summed E-state index contributed by atoms with van der Waals surface area (Å²) < 4.78 is 19.0. The number of hydrogen-bond acceptors (Lipinski definition) is 3. The van der Waals surface area contributed by atoms with Gasteiger partial charge in [-0.25, -0.2) is 0 Å². The summed E-state index contributed by atoms with van der Waals surface area (Å²) >= 11 is 0. The minimum absolute atomic E-state index is 0.259. The van der Waals surface area contributed by atoms with Gasteiger partial charge in [0.25, 0.3) is 0 Å². The van der Waals surface area contributed by atoms with Crippen LogP contribution in [-0.4, -0.2) is 25.9 Å². The lowest BCUT2D eigenvalue weighted by Gasteiger charge is -2.37. The maximum Gasteiger partial charge on any atom is 0.143 e. The molecule has 3 heteroatoms. The molecule has 0 unspecified atom stereocenters. The molecular formula is C32H32O3. The zero-order valence-corrected chi connectivity index (χ0v) is 20.0. The molecule has 4 rings (SSSR count). The molecule has 0 aromatic heterocycles. The zero-order chi connectivity index (χ0) is 24.2. The summed E-state index contributed by atoms with van der Waals surface area (Å²) in [7, 11) is 0. The highest BCUT2D eigenvalue weighted by atomic mass is 16.6. The van der Waals surface area contributed by atoms with E-state index in [4.69, 9.17) is 14.2 Å². The second kappa shape index (κ2) is 12.8. The number of hydrogen-bond donors (Lipinski definition) is 0. The van der Waals surface area contributed by atoms with Gasteiger partial charge in [-0.1, -0.05) is 127 Å². The Bertz CT molecular complexity index is 1030. The summed E-state index contributed by atoms with van der Waals surface area (Å²) in [5.74, 6) is 0. The van der Waals surface area contributed by atoms with E-state index in [9.17, 15) is 0 Å². The Balaban J connectivity index is 1.67. The molecule has 0 spiro atoms. The summed E-state index contributed by atoms with van der Waals surface area (Å²) in [6, 6.07) is 41.3. The highest BCUT2D eigenvalue weighted by Crippen LogP contribution is 2.40. The molecule has 0 saturated heterocycles. The van der Waals surface area contributed by atoms with E-state index in [1.165, 1.54) is 0 Å². The van der Waals surface area contributed by atoms with Crippen LogP contribution in [0.25, 0.3) is 0 Å². The van der Waals surface area contributed by atoms with Crippen LogP contribution in [0.15, 0.2) is 134 Å². The van der Waals surface area contributed by atoms with E-state index >= 15 is 0 Å². The first kappa shape index (κ1) is 24.6. The smallest absolute Gasteiger partial charge is 0.143 e. The van der Waals surface area contributed by atoms with Crippen molar-refractivity contribution in [1.82, 2.24) is 0 Å². The molecule has 0 fully saturated rings. The number of rotatable bonds is 13. The summed E-state index contributed by atoms with van der Waals surface area (Å²) in [5, 5.41) is 0. The van der Waals surface area contributed by atoms with E-state index in [1.54, 1.807) is 6.08 Å². The highest BCUT2D eigenvalue weighted by molar-refractivity contribution is 5.47. The highest BCUT2D eigenvalue weighted by Gasteiger charge is 2.38. The van der Waals surface area contributed by atoms with Gasteiger partial charge in [-0.05, 0) is 22.3 Å². The van der Waals surface area contributed by atoms with Crippen molar-refractivity contribution in [3.8, 4) is 0 Å². The van der Waals surface area contributed by atoms with Crippen LogP contribution in [0.3, 0.4) is 0 Å². The van der Waals surface area contributed by atoms with E-state index in [0.717, 1.165) is 22.3 Å². The fourth-order valence-electron chi connectivity index (χ4n) is 4.20. The summed E-state index contributed by atoms with van der Waals surface area (Å²) in [6.45, 7) is 5.47. The zero-order valence-electron chi connectivity index (χ0n) is 20.0. The quantitative estimate of drug-likeness (QED) is 0.124. The average molecular weight is 465 g/mol. The molecule has 0 aliphatic heterocycles. The molecule has 0 saturated carbocycles. The first-order chi connectivity index (χ1) is 17.3. The topological polar surface area (TPSA) is 27.7 Å². The Morgan fingerprint density at radius 2 is 1.09 bits per heavy atom. The van der Waals surface area contributed by atoms with E-state index in [0.29, 0.717) is 26.4 Å². The van der Waals surface area contributed by atoms with Gasteiger partial charge in [-0.15, -0.1) is 6.58 Å². The minimum Gasteiger partial charge on any atom is -0.375 e. The molecule has 178 valence electrons. The molecule has 4 aromatic carbocycles. The van der Waals surface area contributed by atoms with Gasteiger partial charge in [0.15, 0.2) is 0 Å². The third kappa shape index (κ3) is 6.34. The molecule has 0 amide bonds. The normalized spacial score (nSPS) is 12.2. The SMILES string of the molecule is C=CCOC[C@@H](COC(c1ccccc1)(c1ccccc1)c1ccccc1)OCc1ccccc1. The predicted molar refractivity (Wildman–Crippen MR) is 141 cm³/mol. The van der Waals surface area contributed by atoms with Crippen molar-refractivity contribution in [3.63, 3.8) is 0 Å². The molecule has 0 aliphatic rings. The first-order valence-electron chi connectivity index (χ1n) is 12.0. The van der Waals surface area contributed by atoms with E-state index in [-0.39, 0.29) is 6.10 Å². The van der Waals surface area contributed by atoms with Gasteiger partial charge in [0.05, 0.1) is 26.4 Å². The summed E-state index contributed by atoms with van der Waals surface area (Å²) in [5.41, 5.74) is 3.50. The minimum atomic E-state index is -0.795. The molecule has 0 heterocycles. The van der Waals surface area contributed by atoms with Gasteiger partial charge in [-0.2, -0.15) is 0 Å². The largest absolute Gasteiger partial charge is 0.375 e. The van der Waals surface area contributed by atoms with Crippen LogP contribution in [0.2, 0.25) is 0 Å². The lowest BCUT2D eigenvalue weighted by molar-refractivity contribution is -0.0942. The van der Waals surface area contributed by atoms with Crippen molar-refractivity contribution in [2.45, 2.75) is 18.3 Å². The van der Waals surface area contributed by atoms with Crippen molar-refractivity contribution in [2.24, 2.45) is 0 Å². The Morgan fingerprint density at radius 3 is 1.54 bits per heavy atom. The van der Waals surface area contributed by atoms with Gasteiger partial charge in [-0.3, -0.25) is 0 Å². The van der Waals surface area contributed by atoms with Crippen LogP contribution < -0.4 is 0 Å². The molecule has 0 aliphatic carbocycles. The van der Waals surface area contributed by atoms with Crippen LogP contribution in [0.5, 0.6) is 0 Å². The summed E-state index contributed by atoms with van der Waals surface area (Å²) in [4.78, 5) is 0. The monoisotopic (exact) mass is 464 g/mol. The lowest BCUT2D eigenvalue weighted by atomic mass is 9.80. The van der Waals surface area contributed by atoms with E-state index in [2.05, 4.69) is 91.5 Å². The summed E-state index contributed by atoms with van der Waals surface area (Å²) in [6.07, 6.45) is 1.49. The van der Waals surface area contributed by atoms with Crippen molar-refractivity contribution in [1.29, 1.82) is 0 Å². The second-order valence-corrected chi connectivity index (χ2v) is 8.34. The predicted octanol–water partition coefficient (Wildman–Crippen LogP) is 6.78. The Labute approximate surface area is 208 Å². The van der Waals surface area contributed by atoms with Gasteiger partial charge < -0.3 is 14.2 Å². The Kier molecular flexibility index (Phi) is 9.02. The molecule has 35 heavy (non-hydrogen) atoms. The van der Waals surface area contributed by atoms with Crippen LogP contribution >= 0.6 is 0 Å². The number of benzene rings is 4. The molecule has 0 bridgehead atoms. The third-order valence-corrected chi connectivity index (χ3v) is 5.89. The molecular weight excluding hydrogens is 432 g/mol. The third-order valence-electron chi connectivity index (χ3n) is 5.89. The molecule has 1 atom stereocenters. The van der Waals surface area contributed by atoms with E-state index < -0.39 is 5.60 Å². The van der Waals surface area contributed by atoms with Crippen molar-refractivity contribution in [3.05, 3.63) is 156 Å². The molecule has 0 N–H and O–H groups in total. The molecule has 4 aromatic rings. The standard InChI is InChI=1S/C32H32O3/c1-2-23-33-25-31(34-24-27-15-7-3-8-16-27)26-35-32(28-17-9-4-10-18-28,29-19-11-5-12-20-29)30-21-13-6-14-22-30/h2-22,31H,1,23-26H2/t31-/m0/s1. The fraction of sp³-hybridized carbons (Fsp3) is 0.188. The maximum atomic E-state index is 6.94. The van der Waals surface area contributed by atoms with Gasteiger partial charge in [0.1, 0.15) is 11.7 Å². The van der Waals surface area contributed by atoms with Crippen molar-refractivity contribution in [2.75, 3.05) is 19.8 Å².